The third kappa shape index (κ3) is 12.7. The quantitative estimate of drug-likeness (QED) is 0.0292. The maximum absolute atomic E-state index is 13.3. The smallest absolute Gasteiger partial charge is 0.871 e. The molecule has 0 bridgehead atoms. The van der Waals surface area contributed by atoms with Crippen molar-refractivity contribution in [3.63, 3.8) is 0 Å². The molecule has 0 radical (unpaired) electrons. The molecule has 8 aromatic carbocycles. The van der Waals surface area contributed by atoms with Gasteiger partial charge in [-0.25, -0.2) is 0 Å². The van der Waals surface area contributed by atoms with Crippen molar-refractivity contribution < 1.29 is 55.5 Å². The van der Waals surface area contributed by atoms with E-state index in [1.807, 2.05) is 0 Å². The molecule has 0 aromatic heterocycles. The number of aliphatic imine (C=N–C) groups is 1. The molecule has 73 heavy (non-hydrogen) atoms. The Morgan fingerprint density at radius 2 is 1.07 bits per heavy atom. The minimum atomic E-state index is -4.54. The number of halogens is 2. The average Bonchev–Trinajstić information content (AvgIpc) is 3.34. The van der Waals surface area contributed by atoms with Gasteiger partial charge < -0.3 is 30.1 Å². The second-order valence-corrected chi connectivity index (χ2v) is 19.0. The normalized spacial score (nSPS) is 11.9. The summed E-state index contributed by atoms with van der Waals surface area (Å²) < 4.78 is 75.9. The maximum Gasteiger partial charge on any atom is 2.00 e. The number of methoxy groups -OCH3 is 2. The summed E-state index contributed by atoms with van der Waals surface area (Å²) in [7, 11) is -6.07. The molecule has 8 aromatic rings. The molecule has 0 fully saturated rings. The van der Waals surface area contributed by atoms with Crippen LogP contribution in [0.3, 0.4) is 0 Å². The van der Waals surface area contributed by atoms with Crippen LogP contribution >= 0.6 is 23.2 Å². The van der Waals surface area contributed by atoms with Gasteiger partial charge in [0.1, 0.15) is 28.6 Å². The number of hydrogen-bond acceptors (Lipinski definition) is 15. The second kappa shape index (κ2) is 23.4. The van der Waals surface area contributed by atoms with Gasteiger partial charge in [0.25, 0.3) is 26.1 Å². The van der Waals surface area contributed by atoms with Gasteiger partial charge >= 0.3 is 37.7 Å². The van der Waals surface area contributed by atoms with Crippen LogP contribution in [0.5, 0.6) is 23.0 Å². The maximum atomic E-state index is 13.3. The molecule has 0 saturated carbocycles. The van der Waals surface area contributed by atoms with Gasteiger partial charge in [-0.15, -0.1) is 15.3 Å². The fraction of sp³-hybridized carbons (Fsp3) is 0.0800. The van der Waals surface area contributed by atoms with Gasteiger partial charge in [-0.2, -0.15) is 21.9 Å². The van der Waals surface area contributed by atoms with E-state index >= 15 is 0 Å². The van der Waals surface area contributed by atoms with Gasteiger partial charge in [-0.1, -0.05) is 89.6 Å². The third-order valence-corrected chi connectivity index (χ3v) is 13.4. The molecule has 0 aliphatic heterocycles. The number of phenolic OH excluding ortho intramolecular Hbond substituents is 1. The van der Waals surface area contributed by atoms with E-state index in [0.29, 0.717) is 44.4 Å². The zero-order valence-corrected chi connectivity index (χ0v) is 44.1. The van der Waals surface area contributed by atoms with Crippen molar-refractivity contribution in [2.45, 2.75) is 23.6 Å². The van der Waals surface area contributed by atoms with Gasteiger partial charge in [0, 0.05) is 28.6 Å². The van der Waals surface area contributed by atoms with Crippen molar-refractivity contribution in [3.8, 4) is 23.0 Å². The van der Waals surface area contributed by atoms with Crippen molar-refractivity contribution >= 4 is 149 Å². The Hall–Kier alpha value is -6.72. The predicted molar refractivity (Wildman–Crippen MR) is 275 cm³/mol. The number of ether oxygens (including phenoxy) is 2. The first kappa shape index (κ1) is 55.6. The van der Waals surface area contributed by atoms with Crippen molar-refractivity contribution in [2.24, 2.45) is 25.4 Å². The number of azo groups is 2. The van der Waals surface area contributed by atoms with Gasteiger partial charge in [0.15, 0.2) is 5.75 Å². The number of anilines is 1. The van der Waals surface area contributed by atoms with E-state index in [-0.39, 0.29) is 97.7 Å². The summed E-state index contributed by atoms with van der Waals surface area (Å²) in [6, 6.07) is 34.7. The van der Waals surface area contributed by atoms with Crippen LogP contribution in [0.25, 0.3) is 21.5 Å². The fourth-order valence-corrected chi connectivity index (χ4v) is 9.15. The van der Waals surface area contributed by atoms with Crippen molar-refractivity contribution in [3.05, 3.63) is 166 Å². The fourth-order valence-electron chi connectivity index (χ4n) is 7.22. The summed E-state index contributed by atoms with van der Waals surface area (Å²) >= 11 is 12.4. The van der Waals surface area contributed by atoms with Crippen LogP contribution in [0.4, 0.5) is 34.1 Å². The summed E-state index contributed by atoms with van der Waals surface area (Å²) in [5.41, 5.74) is 0.380. The van der Waals surface area contributed by atoms with Crippen LogP contribution in [0.2, 0.25) is 10.0 Å². The van der Waals surface area contributed by atoms with E-state index in [1.165, 1.54) is 52.3 Å². The Morgan fingerprint density at radius 1 is 0.603 bits per heavy atom. The molecule has 4 N–H and O–H groups in total. The summed E-state index contributed by atoms with van der Waals surface area (Å²) in [5.74, 6) is -1.47. The molecule has 0 saturated heterocycles. The molecule has 0 unspecified atom stereocenters. The molecule has 0 heterocycles. The first-order valence-electron chi connectivity index (χ1n) is 20.9. The predicted octanol–water partition coefficient (Wildman–Crippen LogP) is 11.0. The number of nitrogens with zero attached hydrogens (tertiary/aromatic N) is 5. The topological polar surface area (TPSA) is 284 Å². The number of phenols is 1. The summed E-state index contributed by atoms with van der Waals surface area (Å²) in [5, 5.41) is 58.6. The molecule has 0 spiro atoms. The average molecular weight is 1090 g/mol. The SMILES string of the molecule is COc1cccc(N=C([O-])c2cc3ccccc3c(N=Nc3c(Cl)ccc(S(=O)(=O)O)c3C)c2[O-])c1.COc1cccc(NC(=O)c2cc3ccccc3c(N=Nc3c(Cl)ccc(S(=O)(=O)O)c3C)c2O)c1.[Ca+2]. The molecular formula is C50H38CaCl2N6O12S2. The summed E-state index contributed by atoms with van der Waals surface area (Å²) in [6.07, 6.45) is 0. The zero-order chi connectivity index (χ0) is 52.1. The minimum absolute atomic E-state index is 0. The summed E-state index contributed by atoms with van der Waals surface area (Å²) in [4.78, 5) is 16.3. The molecule has 0 aliphatic carbocycles. The van der Waals surface area contributed by atoms with Crippen LogP contribution in [0.1, 0.15) is 27.0 Å². The standard InChI is InChI=1S/2C25H20ClN3O6S.Ca/c2*1-14-21(36(32,33)34)11-10-20(26)22(14)28-29-23-18-9-4-3-6-15(18)12-19(24(23)30)25(31)27-16-7-5-8-17(13-16)35-2;/h2*3-13,30H,1-2H3,(H,27,31)(H,32,33,34);/q;;+2/p-2. The second-order valence-electron chi connectivity index (χ2n) is 15.4. The van der Waals surface area contributed by atoms with Crippen LogP contribution in [0.15, 0.2) is 169 Å². The third-order valence-electron chi connectivity index (χ3n) is 10.8. The van der Waals surface area contributed by atoms with Crippen LogP contribution in [-0.2, 0) is 20.2 Å². The Kier molecular flexibility index (Phi) is 17.8. The molecule has 368 valence electrons. The first-order chi connectivity index (χ1) is 34.2. The summed E-state index contributed by atoms with van der Waals surface area (Å²) in [6.45, 7) is 2.81. The Balaban J connectivity index is 0.000000235. The van der Waals surface area contributed by atoms with E-state index in [0.717, 1.165) is 12.1 Å². The number of rotatable bonds is 12. The molecular weight excluding hydrogens is 1050 g/mol. The van der Waals surface area contributed by atoms with Crippen LogP contribution in [-0.4, -0.2) is 94.8 Å². The molecule has 8 rings (SSSR count). The zero-order valence-electron chi connectivity index (χ0n) is 38.7. The number of carbonyl (C=O) groups excluding carboxylic acids is 1. The van der Waals surface area contributed by atoms with Crippen LogP contribution in [0, 0.1) is 13.8 Å². The first-order valence-corrected chi connectivity index (χ1v) is 24.5. The number of fused-ring (bicyclic) bond motifs is 2. The van der Waals surface area contributed by atoms with E-state index in [2.05, 4.69) is 30.8 Å². The number of nitrogens with one attached hydrogen (secondary N) is 1. The van der Waals surface area contributed by atoms with Crippen LogP contribution < -0.4 is 25.0 Å². The van der Waals surface area contributed by atoms with Gasteiger partial charge in [-0.3, -0.25) is 18.9 Å². The molecule has 0 aliphatic rings. The largest absolute Gasteiger partial charge is 2.00 e. The monoisotopic (exact) mass is 1090 g/mol. The number of carbonyl (C=O) groups is 1. The van der Waals surface area contributed by atoms with E-state index < -0.39 is 48.4 Å². The van der Waals surface area contributed by atoms with Gasteiger partial charge in [0.05, 0.1) is 51.0 Å². The number of hydrogen-bond donors (Lipinski definition) is 4. The van der Waals surface area contributed by atoms with Crippen molar-refractivity contribution in [1.82, 2.24) is 0 Å². The molecule has 18 nitrogen and oxygen atoms in total. The van der Waals surface area contributed by atoms with Crippen molar-refractivity contribution in [1.29, 1.82) is 0 Å². The number of benzene rings is 8. The Labute approximate surface area is 457 Å². The van der Waals surface area contributed by atoms with E-state index in [1.54, 1.807) is 97.1 Å². The number of aromatic hydroxyl groups is 1. The Morgan fingerprint density at radius 3 is 1.60 bits per heavy atom. The van der Waals surface area contributed by atoms with E-state index in [4.69, 9.17) is 32.7 Å². The number of amides is 1. The molecule has 23 heteroatoms. The van der Waals surface area contributed by atoms with Gasteiger partial charge in [0.2, 0.25) is 0 Å². The van der Waals surface area contributed by atoms with Gasteiger partial charge in [-0.05, 0) is 108 Å². The molecule has 0 atom stereocenters. The van der Waals surface area contributed by atoms with Crippen molar-refractivity contribution in [2.75, 3.05) is 19.5 Å². The minimum Gasteiger partial charge on any atom is -0.871 e. The molecule has 1 amide bonds. The Bertz CT molecular complexity index is 3790. The van der Waals surface area contributed by atoms with E-state index in [9.17, 15) is 46.1 Å².